The second kappa shape index (κ2) is 11.7. The fraction of sp³-hybridized carbons (Fsp3) is 0.370. The van der Waals surface area contributed by atoms with Crippen LogP contribution in [0.15, 0.2) is 42.5 Å². The number of amides is 3. The molecule has 0 radical (unpaired) electrons. The number of halogens is 2. The molecule has 0 unspecified atom stereocenters. The number of aryl methyl sites for hydroxylation is 2. The van der Waals surface area contributed by atoms with Crippen LogP contribution in [-0.2, 0) is 14.9 Å². The summed E-state index contributed by atoms with van der Waals surface area (Å²) in [6.45, 7) is 10.3. The van der Waals surface area contributed by atoms with Crippen molar-refractivity contribution in [2.24, 2.45) is 0 Å². The van der Waals surface area contributed by atoms with E-state index in [0.717, 1.165) is 28.6 Å². The molecule has 3 amide bonds. The van der Waals surface area contributed by atoms with E-state index in [2.05, 4.69) is 16.7 Å². The minimum atomic E-state index is -0.592. The SMILES string of the molecule is COCCN(CC(=O)Nc1cc(C(C)(C)C)nn1-c1ccc(C)cc1C)C(=O)Nc1ccc(F)c(Cl)c1. The van der Waals surface area contributed by atoms with Gasteiger partial charge in [-0.1, -0.05) is 50.1 Å². The van der Waals surface area contributed by atoms with Gasteiger partial charge in [0.05, 0.1) is 23.0 Å². The molecule has 10 heteroatoms. The van der Waals surface area contributed by atoms with Gasteiger partial charge in [-0.05, 0) is 43.7 Å². The predicted molar refractivity (Wildman–Crippen MR) is 144 cm³/mol. The standard InChI is InChI=1S/C27H33ClFN5O3/c1-17-7-10-22(18(2)13-17)34-24(15-23(32-34)27(3,4)5)31-25(35)16-33(11-12-37-6)26(36)30-19-8-9-21(29)20(28)14-19/h7-10,13-15H,11-12,16H2,1-6H3,(H,30,36)(H,31,35). The molecule has 1 heterocycles. The third-order valence-electron chi connectivity index (χ3n) is 5.68. The van der Waals surface area contributed by atoms with E-state index >= 15 is 0 Å². The maximum atomic E-state index is 13.5. The Morgan fingerprint density at radius 3 is 2.46 bits per heavy atom. The Hall–Kier alpha value is -3.43. The van der Waals surface area contributed by atoms with Crippen molar-refractivity contribution in [1.29, 1.82) is 0 Å². The van der Waals surface area contributed by atoms with Gasteiger partial charge in [0.25, 0.3) is 0 Å². The monoisotopic (exact) mass is 529 g/mol. The number of ether oxygens (including phenoxy) is 1. The molecule has 3 aromatic rings. The van der Waals surface area contributed by atoms with Crippen molar-refractivity contribution < 1.29 is 18.7 Å². The smallest absolute Gasteiger partial charge is 0.322 e. The van der Waals surface area contributed by atoms with Gasteiger partial charge < -0.3 is 20.3 Å². The van der Waals surface area contributed by atoms with Crippen LogP contribution in [0.4, 0.5) is 20.7 Å². The highest BCUT2D eigenvalue weighted by molar-refractivity contribution is 6.31. The minimum absolute atomic E-state index is 0.117. The molecule has 1 aromatic heterocycles. The average molecular weight is 530 g/mol. The molecule has 0 aliphatic carbocycles. The first-order valence-electron chi connectivity index (χ1n) is 11.9. The number of hydrogen-bond donors (Lipinski definition) is 2. The topological polar surface area (TPSA) is 88.5 Å². The van der Waals surface area contributed by atoms with Crippen LogP contribution in [0.3, 0.4) is 0 Å². The number of hydrogen-bond acceptors (Lipinski definition) is 4. The van der Waals surface area contributed by atoms with Crippen molar-refractivity contribution in [2.45, 2.75) is 40.0 Å². The molecule has 0 saturated heterocycles. The highest BCUT2D eigenvalue weighted by atomic mass is 35.5. The Balaban J connectivity index is 1.83. The summed E-state index contributed by atoms with van der Waals surface area (Å²) in [6, 6.07) is 11.2. The maximum Gasteiger partial charge on any atom is 0.322 e. The molecule has 2 N–H and O–H groups in total. The van der Waals surface area contributed by atoms with Crippen LogP contribution in [0.2, 0.25) is 5.02 Å². The summed E-state index contributed by atoms with van der Waals surface area (Å²) in [5.41, 5.74) is 3.85. The van der Waals surface area contributed by atoms with E-state index in [0.29, 0.717) is 11.5 Å². The Morgan fingerprint density at radius 1 is 1.11 bits per heavy atom. The van der Waals surface area contributed by atoms with E-state index in [9.17, 15) is 14.0 Å². The van der Waals surface area contributed by atoms with Gasteiger partial charge in [-0.15, -0.1) is 0 Å². The molecule has 0 spiro atoms. The summed E-state index contributed by atoms with van der Waals surface area (Å²) >= 11 is 5.82. The zero-order valence-electron chi connectivity index (χ0n) is 22.0. The first kappa shape index (κ1) is 28.1. The molecule has 0 saturated carbocycles. The third kappa shape index (κ3) is 7.30. The first-order valence-corrected chi connectivity index (χ1v) is 12.2. The fourth-order valence-corrected chi connectivity index (χ4v) is 3.83. The van der Waals surface area contributed by atoms with E-state index in [1.807, 2.05) is 52.8 Å². The number of carbonyl (C=O) groups excluding carboxylic acids is 2. The number of urea groups is 1. The summed E-state index contributed by atoms with van der Waals surface area (Å²) in [5.74, 6) is -0.501. The molecule has 0 atom stereocenters. The molecule has 0 fully saturated rings. The van der Waals surface area contributed by atoms with Gasteiger partial charge in [0.15, 0.2) is 0 Å². The summed E-state index contributed by atoms with van der Waals surface area (Å²) in [5, 5.41) is 10.2. The molecule has 37 heavy (non-hydrogen) atoms. The highest BCUT2D eigenvalue weighted by Gasteiger charge is 2.24. The van der Waals surface area contributed by atoms with Crippen LogP contribution < -0.4 is 10.6 Å². The number of methoxy groups -OCH3 is 1. The van der Waals surface area contributed by atoms with Crippen molar-refractivity contribution in [1.82, 2.24) is 14.7 Å². The Bertz CT molecular complexity index is 1290. The van der Waals surface area contributed by atoms with E-state index in [4.69, 9.17) is 21.4 Å². The van der Waals surface area contributed by atoms with Crippen molar-refractivity contribution in [2.75, 3.05) is 37.4 Å². The molecule has 2 aromatic carbocycles. The first-order chi connectivity index (χ1) is 17.4. The molecular formula is C27H33ClFN5O3. The van der Waals surface area contributed by atoms with Crippen LogP contribution in [-0.4, -0.2) is 53.4 Å². The summed E-state index contributed by atoms with van der Waals surface area (Å²) < 4.78 is 20.3. The van der Waals surface area contributed by atoms with E-state index in [1.54, 1.807) is 4.68 Å². The molecule has 0 bridgehead atoms. The Labute approximate surface area is 221 Å². The van der Waals surface area contributed by atoms with Crippen molar-refractivity contribution in [3.63, 3.8) is 0 Å². The van der Waals surface area contributed by atoms with Crippen LogP contribution in [0.25, 0.3) is 5.69 Å². The highest BCUT2D eigenvalue weighted by Crippen LogP contribution is 2.28. The van der Waals surface area contributed by atoms with Gasteiger partial charge in [-0.25, -0.2) is 13.9 Å². The minimum Gasteiger partial charge on any atom is -0.383 e. The van der Waals surface area contributed by atoms with Gasteiger partial charge in [0.2, 0.25) is 5.91 Å². The number of nitrogens with one attached hydrogen (secondary N) is 2. The number of nitrogens with zero attached hydrogens (tertiary/aromatic N) is 3. The fourth-order valence-electron chi connectivity index (χ4n) is 3.65. The molecule has 198 valence electrons. The predicted octanol–water partition coefficient (Wildman–Crippen LogP) is 5.70. The molecular weight excluding hydrogens is 497 g/mol. The zero-order valence-corrected chi connectivity index (χ0v) is 22.7. The van der Waals surface area contributed by atoms with Gasteiger partial charge in [0.1, 0.15) is 18.2 Å². The zero-order chi connectivity index (χ0) is 27.3. The van der Waals surface area contributed by atoms with Crippen molar-refractivity contribution >= 4 is 35.0 Å². The lowest BCUT2D eigenvalue weighted by atomic mass is 9.92. The molecule has 0 aliphatic rings. The number of carbonyl (C=O) groups is 2. The lowest BCUT2D eigenvalue weighted by molar-refractivity contribution is -0.116. The lowest BCUT2D eigenvalue weighted by Gasteiger charge is -2.22. The average Bonchev–Trinajstić information content (AvgIpc) is 3.23. The van der Waals surface area contributed by atoms with Crippen LogP contribution in [0.5, 0.6) is 0 Å². The summed E-state index contributed by atoms with van der Waals surface area (Å²) in [6.07, 6.45) is 0. The Morgan fingerprint density at radius 2 is 1.84 bits per heavy atom. The molecule has 0 aliphatic heterocycles. The van der Waals surface area contributed by atoms with E-state index < -0.39 is 17.8 Å². The van der Waals surface area contributed by atoms with Gasteiger partial charge in [0, 0.05) is 30.8 Å². The largest absolute Gasteiger partial charge is 0.383 e. The van der Waals surface area contributed by atoms with Gasteiger partial charge in [-0.2, -0.15) is 5.10 Å². The van der Waals surface area contributed by atoms with E-state index in [-0.39, 0.29) is 30.1 Å². The molecule has 8 nitrogen and oxygen atoms in total. The second-order valence-electron chi connectivity index (χ2n) is 9.89. The van der Waals surface area contributed by atoms with Crippen LogP contribution in [0.1, 0.15) is 37.6 Å². The van der Waals surface area contributed by atoms with Crippen LogP contribution in [0, 0.1) is 19.7 Å². The maximum absolute atomic E-state index is 13.5. The van der Waals surface area contributed by atoms with Gasteiger partial charge >= 0.3 is 6.03 Å². The Kier molecular flexibility index (Phi) is 8.94. The lowest BCUT2D eigenvalue weighted by Crippen LogP contribution is -2.42. The molecule has 3 rings (SSSR count). The van der Waals surface area contributed by atoms with Crippen LogP contribution >= 0.6 is 11.6 Å². The number of benzene rings is 2. The quantitative estimate of drug-likeness (QED) is 0.392. The number of anilines is 2. The second-order valence-corrected chi connectivity index (χ2v) is 10.3. The van der Waals surface area contributed by atoms with E-state index in [1.165, 1.54) is 24.1 Å². The third-order valence-corrected chi connectivity index (χ3v) is 5.97. The summed E-state index contributed by atoms with van der Waals surface area (Å²) in [4.78, 5) is 27.4. The van der Waals surface area contributed by atoms with Gasteiger partial charge in [-0.3, -0.25) is 4.79 Å². The number of rotatable bonds is 8. The summed E-state index contributed by atoms with van der Waals surface area (Å²) in [7, 11) is 1.51. The number of aromatic nitrogens is 2. The normalized spacial score (nSPS) is 11.4. The van der Waals surface area contributed by atoms with Crippen molar-refractivity contribution in [3.05, 3.63) is 70.1 Å². The van der Waals surface area contributed by atoms with Crippen molar-refractivity contribution in [3.8, 4) is 5.69 Å².